The van der Waals surface area contributed by atoms with Crippen LogP contribution in [0.4, 0.5) is 10.1 Å². The van der Waals surface area contributed by atoms with Gasteiger partial charge in [0.25, 0.3) is 5.91 Å². The van der Waals surface area contributed by atoms with Crippen LogP contribution in [0.5, 0.6) is 0 Å². The van der Waals surface area contributed by atoms with Crippen LogP contribution in [0.25, 0.3) is 11.0 Å². The zero-order valence-electron chi connectivity index (χ0n) is 14.5. The fraction of sp³-hybridized carbons (Fsp3) is 0.263. The second-order valence-corrected chi connectivity index (χ2v) is 7.24. The Morgan fingerprint density at radius 3 is 2.85 bits per heavy atom. The molecule has 2 heterocycles. The Morgan fingerprint density at radius 1 is 1.26 bits per heavy atom. The average Bonchev–Trinajstić information content (AvgIpc) is 3.04. The van der Waals surface area contributed by atoms with Gasteiger partial charge in [0.05, 0.1) is 36.4 Å². The van der Waals surface area contributed by atoms with Crippen molar-refractivity contribution in [3.05, 3.63) is 58.1 Å². The van der Waals surface area contributed by atoms with Gasteiger partial charge in [0.1, 0.15) is 11.6 Å². The van der Waals surface area contributed by atoms with E-state index in [4.69, 9.17) is 4.74 Å². The number of hydrogen-bond acceptors (Lipinski definition) is 4. The van der Waals surface area contributed by atoms with Crippen LogP contribution in [-0.4, -0.2) is 47.1 Å². The van der Waals surface area contributed by atoms with Crippen LogP contribution in [0, 0.1) is 5.82 Å². The molecule has 0 atom stereocenters. The van der Waals surface area contributed by atoms with E-state index in [0.717, 1.165) is 49.7 Å². The number of amides is 1. The smallest absolute Gasteiger partial charge is 0.256 e. The molecule has 1 fully saturated rings. The predicted octanol–water partition coefficient (Wildman–Crippen LogP) is 3.55. The Morgan fingerprint density at radius 2 is 2.07 bits per heavy atom. The van der Waals surface area contributed by atoms with Crippen LogP contribution in [0.2, 0.25) is 0 Å². The summed E-state index contributed by atoms with van der Waals surface area (Å²) in [4.78, 5) is 22.7. The van der Waals surface area contributed by atoms with Gasteiger partial charge < -0.3 is 15.0 Å². The van der Waals surface area contributed by atoms with E-state index in [-0.39, 0.29) is 5.91 Å². The number of H-pyrrole nitrogens is 1. The van der Waals surface area contributed by atoms with Crippen LogP contribution < -0.4 is 5.32 Å². The Labute approximate surface area is 163 Å². The van der Waals surface area contributed by atoms with Gasteiger partial charge >= 0.3 is 0 Å². The molecule has 2 N–H and O–H groups in total. The van der Waals surface area contributed by atoms with Gasteiger partial charge in [-0.1, -0.05) is 0 Å². The molecule has 0 bridgehead atoms. The second-order valence-electron chi connectivity index (χ2n) is 6.38. The standard InChI is InChI=1S/C19H18BrFN4O2/c20-15-9-12(21)1-3-14(15)19(26)22-13-2-4-16-17(10-13)24-18(23-16)11-25-5-7-27-8-6-25/h1-4,9-10H,5-8,11H2,(H,22,26)(H,23,24). The molecule has 0 spiro atoms. The lowest BCUT2D eigenvalue weighted by Gasteiger charge is -2.25. The van der Waals surface area contributed by atoms with Crippen molar-refractivity contribution in [2.75, 3.05) is 31.6 Å². The zero-order chi connectivity index (χ0) is 18.8. The molecular weight excluding hydrogens is 415 g/mol. The maximum atomic E-state index is 13.2. The Kier molecular flexibility index (Phi) is 5.20. The number of carbonyl (C=O) groups is 1. The van der Waals surface area contributed by atoms with Gasteiger partial charge in [0, 0.05) is 23.2 Å². The summed E-state index contributed by atoms with van der Waals surface area (Å²) < 4.78 is 19.0. The van der Waals surface area contributed by atoms with Gasteiger partial charge in [-0.05, 0) is 52.3 Å². The van der Waals surface area contributed by atoms with Crippen molar-refractivity contribution in [2.24, 2.45) is 0 Å². The van der Waals surface area contributed by atoms with E-state index in [0.29, 0.717) is 15.7 Å². The van der Waals surface area contributed by atoms with Crippen LogP contribution in [0.3, 0.4) is 0 Å². The highest BCUT2D eigenvalue weighted by Gasteiger charge is 2.14. The van der Waals surface area contributed by atoms with Gasteiger partial charge in [0.15, 0.2) is 0 Å². The molecule has 4 rings (SSSR count). The van der Waals surface area contributed by atoms with E-state index in [1.807, 2.05) is 12.1 Å². The topological polar surface area (TPSA) is 70.2 Å². The summed E-state index contributed by atoms with van der Waals surface area (Å²) in [5.74, 6) is 0.177. The lowest BCUT2D eigenvalue weighted by atomic mass is 10.2. The highest BCUT2D eigenvalue weighted by molar-refractivity contribution is 9.10. The summed E-state index contributed by atoms with van der Waals surface area (Å²) in [5, 5.41) is 2.84. The third-order valence-electron chi connectivity index (χ3n) is 4.44. The molecule has 3 aromatic rings. The first kappa shape index (κ1) is 18.1. The first-order valence-electron chi connectivity index (χ1n) is 8.63. The number of rotatable bonds is 4. The van der Waals surface area contributed by atoms with E-state index in [2.05, 4.69) is 36.1 Å². The van der Waals surface area contributed by atoms with E-state index in [1.165, 1.54) is 18.2 Å². The summed E-state index contributed by atoms with van der Waals surface area (Å²) >= 11 is 3.22. The van der Waals surface area contributed by atoms with Gasteiger partial charge in [-0.15, -0.1) is 0 Å². The Bertz CT molecular complexity index is 985. The molecule has 1 amide bonds. The van der Waals surface area contributed by atoms with Gasteiger partial charge in [-0.25, -0.2) is 9.37 Å². The highest BCUT2D eigenvalue weighted by Crippen LogP contribution is 2.22. The number of aromatic amines is 1. The largest absolute Gasteiger partial charge is 0.379 e. The van der Waals surface area contributed by atoms with Crippen molar-refractivity contribution in [3.8, 4) is 0 Å². The van der Waals surface area contributed by atoms with Gasteiger partial charge in [-0.2, -0.15) is 0 Å². The van der Waals surface area contributed by atoms with E-state index in [9.17, 15) is 9.18 Å². The molecule has 1 aliphatic heterocycles. The number of nitrogens with zero attached hydrogens (tertiary/aromatic N) is 2. The molecule has 2 aromatic carbocycles. The number of benzene rings is 2. The number of aromatic nitrogens is 2. The SMILES string of the molecule is O=C(Nc1ccc2nc(CN3CCOCC3)[nH]c2c1)c1ccc(F)cc1Br. The minimum atomic E-state index is -0.398. The van der Waals surface area contributed by atoms with Crippen molar-refractivity contribution in [1.29, 1.82) is 0 Å². The third-order valence-corrected chi connectivity index (χ3v) is 5.10. The molecule has 1 saturated heterocycles. The molecule has 1 aliphatic rings. The Balaban J connectivity index is 1.50. The number of fused-ring (bicyclic) bond motifs is 1. The number of hydrogen-bond donors (Lipinski definition) is 2. The second kappa shape index (κ2) is 7.75. The lowest BCUT2D eigenvalue weighted by molar-refractivity contribution is 0.0332. The van der Waals surface area contributed by atoms with Crippen molar-refractivity contribution < 1.29 is 13.9 Å². The molecule has 8 heteroatoms. The lowest BCUT2D eigenvalue weighted by Crippen LogP contribution is -2.35. The molecule has 0 aliphatic carbocycles. The molecule has 27 heavy (non-hydrogen) atoms. The van der Waals surface area contributed by atoms with E-state index < -0.39 is 5.82 Å². The summed E-state index contributed by atoms with van der Waals surface area (Å²) in [6.45, 7) is 4.02. The number of imidazole rings is 1. The normalized spacial score (nSPS) is 15.2. The molecule has 0 radical (unpaired) electrons. The molecule has 1 aromatic heterocycles. The third kappa shape index (κ3) is 4.18. The van der Waals surface area contributed by atoms with Crippen molar-refractivity contribution in [2.45, 2.75) is 6.54 Å². The number of nitrogens with one attached hydrogen (secondary N) is 2. The monoisotopic (exact) mass is 432 g/mol. The summed E-state index contributed by atoms with van der Waals surface area (Å²) in [6, 6.07) is 9.49. The first-order chi connectivity index (χ1) is 13.1. The van der Waals surface area contributed by atoms with Crippen LogP contribution >= 0.6 is 15.9 Å². The molecular formula is C19H18BrFN4O2. The van der Waals surface area contributed by atoms with Crippen molar-refractivity contribution in [3.63, 3.8) is 0 Å². The highest BCUT2D eigenvalue weighted by atomic mass is 79.9. The quantitative estimate of drug-likeness (QED) is 0.661. The number of carbonyl (C=O) groups excluding carboxylic acids is 1. The van der Waals surface area contributed by atoms with Crippen molar-refractivity contribution >= 4 is 38.6 Å². The van der Waals surface area contributed by atoms with E-state index in [1.54, 1.807) is 6.07 Å². The minimum absolute atomic E-state index is 0.311. The van der Waals surface area contributed by atoms with Crippen LogP contribution in [0.15, 0.2) is 40.9 Å². The first-order valence-corrected chi connectivity index (χ1v) is 9.43. The molecule has 6 nitrogen and oxygen atoms in total. The molecule has 0 unspecified atom stereocenters. The van der Waals surface area contributed by atoms with Gasteiger partial charge in [0.2, 0.25) is 0 Å². The molecule has 140 valence electrons. The number of morpholine rings is 1. The van der Waals surface area contributed by atoms with E-state index >= 15 is 0 Å². The average molecular weight is 433 g/mol. The number of halogens is 2. The number of ether oxygens (including phenoxy) is 1. The minimum Gasteiger partial charge on any atom is -0.379 e. The maximum Gasteiger partial charge on any atom is 0.256 e. The summed E-state index contributed by atoms with van der Waals surface area (Å²) in [7, 11) is 0. The van der Waals surface area contributed by atoms with Crippen LogP contribution in [0.1, 0.15) is 16.2 Å². The summed E-state index contributed by atoms with van der Waals surface area (Å²) in [5.41, 5.74) is 2.72. The predicted molar refractivity (Wildman–Crippen MR) is 104 cm³/mol. The summed E-state index contributed by atoms with van der Waals surface area (Å²) in [6.07, 6.45) is 0. The fourth-order valence-electron chi connectivity index (χ4n) is 3.06. The van der Waals surface area contributed by atoms with Crippen molar-refractivity contribution in [1.82, 2.24) is 14.9 Å². The van der Waals surface area contributed by atoms with Crippen LogP contribution in [-0.2, 0) is 11.3 Å². The fourth-order valence-corrected chi connectivity index (χ4v) is 3.59. The Hall–Kier alpha value is -2.29. The molecule has 0 saturated carbocycles. The van der Waals surface area contributed by atoms with Gasteiger partial charge in [-0.3, -0.25) is 9.69 Å². The number of anilines is 1. The maximum absolute atomic E-state index is 13.2. The zero-order valence-corrected chi connectivity index (χ0v) is 16.1.